The summed E-state index contributed by atoms with van der Waals surface area (Å²) in [5, 5.41) is 18.8. The van der Waals surface area contributed by atoms with Crippen molar-refractivity contribution < 1.29 is 19.8 Å². The van der Waals surface area contributed by atoms with Crippen LogP contribution in [0.3, 0.4) is 0 Å². The maximum absolute atomic E-state index is 12.5. The van der Waals surface area contributed by atoms with Crippen LogP contribution in [0.1, 0.15) is 39.0 Å². The van der Waals surface area contributed by atoms with E-state index in [2.05, 4.69) is 6.92 Å². The van der Waals surface area contributed by atoms with Gasteiger partial charge in [0.1, 0.15) is 6.04 Å². The number of carboxylic acid groups (broad SMARTS) is 1. The fraction of sp³-hybridized carbons (Fsp3) is 0.857. The predicted octanol–water partition coefficient (Wildman–Crippen LogP) is 1.14. The summed E-state index contributed by atoms with van der Waals surface area (Å²) in [4.78, 5) is 26.7. The summed E-state index contributed by atoms with van der Waals surface area (Å²) in [6, 6.07) is -1.00. The summed E-state index contributed by atoms with van der Waals surface area (Å²) in [5.41, 5.74) is 0. The number of hydrogen-bond donors (Lipinski definition) is 2. The van der Waals surface area contributed by atoms with Gasteiger partial charge in [-0.3, -0.25) is 0 Å². The molecule has 2 unspecified atom stereocenters. The molecule has 2 rings (SSSR count). The molecule has 2 N–H and O–H groups in total. The van der Waals surface area contributed by atoms with Gasteiger partial charge < -0.3 is 20.0 Å². The number of aliphatic hydroxyl groups excluding tert-OH is 1. The van der Waals surface area contributed by atoms with Gasteiger partial charge in [-0.15, -0.1) is 0 Å². The Morgan fingerprint density at radius 1 is 1.25 bits per heavy atom. The number of amides is 2. The third-order valence-corrected chi connectivity index (χ3v) is 4.68. The van der Waals surface area contributed by atoms with E-state index in [0.717, 1.165) is 19.3 Å². The molecule has 6 heteroatoms. The second kappa shape index (κ2) is 5.99. The first-order chi connectivity index (χ1) is 9.41. The number of aliphatic carboxylic acids is 1. The lowest BCUT2D eigenvalue weighted by molar-refractivity contribution is -0.141. The van der Waals surface area contributed by atoms with Crippen molar-refractivity contribution in [1.29, 1.82) is 0 Å². The van der Waals surface area contributed by atoms with E-state index in [4.69, 9.17) is 0 Å². The Kier molecular flexibility index (Phi) is 4.52. The lowest BCUT2D eigenvalue weighted by atomic mass is 9.85. The van der Waals surface area contributed by atoms with Gasteiger partial charge in [0.05, 0.1) is 6.10 Å². The van der Waals surface area contributed by atoms with Gasteiger partial charge in [-0.1, -0.05) is 19.8 Å². The van der Waals surface area contributed by atoms with Crippen LogP contribution in [0, 0.1) is 5.92 Å². The second-order valence-electron chi connectivity index (χ2n) is 6.12. The first-order valence-corrected chi connectivity index (χ1v) is 7.36. The molecule has 0 aromatic rings. The average molecular weight is 284 g/mol. The molecule has 20 heavy (non-hydrogen) atoms. The number of likely N-dealkylation sites (tertiary alicyclic amines) is 1. The molecule has 0 spiro atoms. The SMILES string of the molecule is CC1CCCCC1N(C)C(=O)N1C[C@H](O)C[C@H]1C(=O)O. The zero-order valence-corrected chi connectivity index (χ0v) is 12.2. The minimum Gasteiger partial charge on any atom is -0.480 e. The van der Waals surface area contributed by atoms with Crippen LogP contribution < -0.4 is 0 Å². The molecule has 1 heterocycles. The zero-order chi connectivity index (χ0) is 14.9. The molecule has 1 aliphatic carbocycles. The number of urea groups is 1. The van der Waals surface area contributed by atoms with E-state index in [9.17, 15) is 19.8 Å². The van der Waals surface area contributed by atoms with Crippen molar-refractivity contribution in [2.45, 2.75) is 57.2 Å². The van der Waals surface area contributed by atoms with Gasteiger partial charge in [0.2, 0.25) is 0 Å². The molecule has 0 aromatic carbocycles. The van der Waals surface area contributed by atoms with Crippen LogP contribution in [-0.2, 0) is 4.79 Å². The number of rotatable bonds is 2. The molecule has 2 amide bonds. The van der Waals surface area contributed by atoms with Crippen LogP contribution in [0.4, 0.5) is 4.79 Å². The van der Waals surface area contributed by atoms with E-state index < -0.39 is 18.1 Å². The van der Waals surface area contributed by atoms with Crippen molar-refractivity contribution in [2.75, 3.05) is 13.6 Å². The molecule has 1 saturated carbocycles. The summed E-state index contributed by atoms with van der Waals surface area (Å²) in [7, 11) is 1.75. The smallest absolute Gasteiger partial charge is 0.326 e. The van der Waals surface area contributed by atoms with Gasteiger partial charge in [-0.25, -0.2) is 9.59 Å². The van der Waals surface area contributed by atoms with Gasteiger partial charge in [0, 0.05) is 26.1 Å². The third-order valence-electron chi connectivity index (χ3n) is 4.68. The summed E-state index contributed by atoms with van der Waals surface area (Å²) in [6.45, 7) is 2.25. The molecule has 0 radical (unpaired) electrons. The number of aliphatic hydroxyl groups is 1. The fourth-order valence-electron chi connectivity index (χ4n) is 3.48. The molecule has 6 nitrogen and oxygen atoms in total. The van der Waals surface area contributed by atoms with E-state index in [1.807, 2.05) is 0 Å². The molecule has 1 saturated heterocycles. The summed E-state index contributed by atoms with van der Waals surface area (Å²) < 4.78 is 0. The van der Waals surface area contributed by atoms with E-state index >= 15 is 0 Å². The third kappa shape index (κ3) is 2.90. The number of β-amino-alcohol motifs (C(OH)–C–C–N with tert-alkyl or cyclic N) is 1. The summed E-state index contributed by atoms with van der Waals surface area (Å²) >= 11 is 0. The van der Waals surface area contributed by atoms with E-state index in [-0.39, 0.29) is 25.0 Å². The van der Waals surface area contributed by atoms with Crippen LogP contribution in [0.25, 0.3) is 0 Å². The van der Waals surface area contributed by atoms with Crippen molar-refractivity contribution in [3.63, 3.8) is 0 Å². The first kappa shape index (κ1) is 15.1. The van der Waals surface area contributed by atoms with Crippen LogP contribution in [0.2, 0.25) is 0 Å². The fourth-order valence-corrected chi connectivity index (χ4v) is 3.48. The monoisotopic (exact) mass is 284 g/mol. The van der Waals surface area contributed by atoms with Crippen molar-refractivity contribution in [2.24, 2.45) is 5.92 Å². The minimum absolute atomic E-state index is 0.112. The van der Waals surface area contributed by atoms with E-state index in [1.54, 1.807) is 11.9 Å². The Bertz CT molecular complexity index is 387. The Morgan fingerprint density at radius 3 is 2.50 bits per heavy atom. The lowest BCUT2D eigenvalue weighted by Gasteiger charge is -2.38. The highest BCUT2D eigenvalue weighted by atomic mass is 16.4. The van der Waals surface area contributed by atoms with Gasteiger partial charge >= 0.3 is 12.0 Å². The van der Waals surface area contributed by atoms with Gasteiger partial charge in [0.15, 0.2) is 0 Å². The molecule has 2 aliphatic rings. The van der Waals surface area contributed by atoms with Crippen molar-refractivity contribution >= 4 is 12.0 Å². The van der Waals surface area contributed by atoms with E-state index in [1.165, 1.54) is 11.3 Å². The predicted molar refractivity (Wildman–Crippen MR) is 73.3 cm³/mol. The maximum atomic E-state index is 12.5. The molecule has 0 bridgehead atoms. The van der Waals surface area contributed by atoms with Gasteiger partial charge in [0.25, 0.3) is 0 Å². The van der Waals surface area contributed by atoms with Crippen molar-refractivity contribution in [1.82, 2.24) is 9.80 Å². The van der Waals surface area contributed by atoms with Gasteiger partial charge in [-0.05, 0) is 18.8 Å². The second-order valence-corrected chi connectivity index (χ2v) is 6.12. The topological polar surface area (TPSA) is 81.1 Å². The number of nitrogens with zero attached hydrogens (tertiary/aromatic N) is 2. The summed E-state index contributed by atoms with van der Waals surface area (Å²) in [6.07, 6.45) is 3.76. The molecule has 4 atom stereocenters. The summed E-state index contributed by atoms with van der Waals surface area (Å²) in [5.74, 6) is -0.603. The highest BCUT2D eigenvalue weighted by molar-refractivity contribution is 5.83. The molecule has 1 aliphatic heterocycles. The normalized spacial score (nSPS) is 34.0. The standard InChI is InChI=1S/C14H24N2O4/c1-9-5-3-4-6-11(9)15(2)14(20)16-8-10(17)7-12(16)13(18)19/h9-12,17H,3-8H2,1-2H3,(H,18,19)/t9?,10-,11?,12+/m1/s1. The van der Waals surface area contributed by atoms with Crippen LogP contribution in [-0.4, -0.2) is 63.8 Å². The van der Waals surface area contributed by atoms with Crippen LogP contribution in [0.15, 0.2) is 0 Å². The molecule has 0 aromatic heterocycles. The Morgan fingerprint density at radius 2 is 1.90 bits per heavy atom. The Labute approximate surface area is 119 Å². The van der Waals surface area contributed by atoms with Crippen molar-refractivity contribution in [3.8, 4) is 0 Å². The number of hydrogen-bond acceptors (Lipinski definition) is 3. The van der Waals surface area contributed by atoms with Crippen molar-refractivity contribution in [3.05, 3.63) is 0 Å². The highest BCUT2D eigenvalue weighted by Crippen LogP contribution is 2.29. The van der Waals surface area contributed by atoms with E-state index in [0.29, 0.717) is 5.92 Å². The Balaban J connectivity index is 2.07. The zero-order valence-electron chi connectivity index (χ0n) is 12.2. The Hall–Kier alpha value is -1.30. The number of carbonyl (C=O) groups is 2. The highest BCUT2D eigenvalue weighted by Gasteiger charge is 2.41. The molecular formula is C14H24N2O4. The van der Waals surface area contributed by atoms with Crippen LogP contribution in [0.5, 0.6) is 0 Å². The average Bonchev–Trinajstić information content (AvgIpc) is 2.80. The molecule has 114 valence electrons. The molecular weight excluding hydrogens is 260 g/mol. The first-order valence-electron chi connectivity index (χ1n) is 7.36. The lowest BCUT2D eigenvalue weighted by Crippen LogP contribution is -2.52. The number of carboxylic acids is 1. The largest absolute Gasteiger partial charge is 0.480 e. The van der Waals surface area contributed by atoms with Crippen LogP contribution >= 0.6 is 0 Å². The quantitative estimate of drug-likeness (QED) is 0.796. The maximum Gasteiger partial charge on any atom is 0.326 e. The number of carbonyl (C=O) groups excluding carboxylic acids is 1. The minimum atomic E-state index is -1.04. The van der Waals surface area contributed by atoms with Gasteiger partial charge in [-0.2, -0.15) is 0 Å². The molecule has 2 fully saturated rings.